The lowest BCUT2D eigenvalue weighted by molar-refractivity contribution is -0.121. The van der Waals surface area contributed by atoms with E-state index in [-0.39, 0.29) is 11.8 Å². The van der Waals surface area contributed by atoms with Crippen LogP contribution in [0.15, 0.2) is 29.4 Å². The fourth-order valence-corrected chi connectivity index (χ4v) is 1.97. The molecule has 2 rings (SSSR count). The van der Waals surface area contributed by atoms with Gasteiger partial charge in [-0.25, -0.2) is 5.43 Å². The SMILES string of the molecule is CCNc1ccc(C2=NNC(=O)CC2C)cc1. The zero-order valence-electron chi connectivity index (χ0n) is 10.2. The van der Waals surface area contributed by atoms with Crippen LogP contribution in [0, 0.1) is 5.92 Å². The topological polar surface area (TPSA) is 53.5 Å². The molecule has 4 nitrogen and oxygen atoms in total. The van der Waals surface area contributed by atoms with Gasteiger partial charge in [-0.15, -0.1) is 0 Å². The molecule has 1 unspecified atom stereocenters. The van der Waals surface area contributed by atoms with E-state index in [0.717, 1.165) is 23.5 Å². The number of nitrogens with zero attached hydrogens (tertiary/aromatic N) is 1. The minimum atomic E-state index is -0.00878. The van der Waals surface area contributed by atoms with Gasteiger partial charge in [-0.3, -0.25) is 4.79 Å². The number of hydrazone groups is 1. The van der Waals surface area contributed by atoms with Gasteiger partial charge in [0.2, 0.25) is 5.91 Å². The largest absolute Gasteiger partial charge is 0.385 e. The third-order valence-corrected chi connectivity index (χ3v) is 2.82. The summed E-state index contributed by atoms with van der Waals surface area (Å²) in [5.41, 5.74) is 5.66. The lowest BCUT2D eigenvalue weighted by Crippen LogP contribution is -2.31. The average Bonchev–Trinajstić information content (AvgIpc) is 2.31. The molecular formula is C13H17N3O. The van der Waals surface area contributed by atoms with Gasteiger partial charge in [0.25, 0.3) is 0 Å². The first-order chi connectivity index (χ1) is 8.20. The summed E-state index contributed by atoms with van der Waals surface area (Å²) in [5, 5.41) is 7.38. The number of benzene rings is 1. The van der Waals surface area contributed by atoms with E-state index >= 15 is 0 Å². The molecule has 1 aliphatic heterocycles. The highest BCUT2D eigenvalue weighted by Crippen LogP contribution is 2.18. The summed E-state index contributed by atoms with van der Waals surface area (Å²) >= 11 is 0. The second-order valence-corrected chi connectivity index (χ2v) is 4.24. The molecule has 0 bridgehead atoms. The second-order valence-electron chi connectivity index (χ2n) is 4.24. The maximum absolute atomic E-state index is 11.2. The molecule has 1 atom stereocenters. The lowest BCUT2D eigenvalue weighted by atomic mass is 9.94. The van der Waals surface area contributed by atoms with Crippen molar-refractivity contribution in [1.29, 1.82) is 0 Å². The molecule has 4 heteroatoms. The van der Waals surface area contributed by atoms with E-state index in [1.165, 1.54) is 0 Å². The van der Waals surface area contributed by atoms with Crippen molar-refractivity contribution in [2.75, 3.05) is 11.9 Å². The Hall–Kier alpha value is -1.84. The zero-order chi connectivity index (χ0) is 12.3. The molecule has 0 aliphatic carbocycles. The van der Waals surface area contributed by atoms with Crippen molar-refractivity contribution >= 4 is 17.3 Å². The number of rotatable bonds is 3. The van der Waals surface area contributed by atoms with Crippen LogP contribution < -0.4 is 10.7 Å². The smallest absolute Gasteiger partial charge is 0.240 e. The molecule has 0 saturated carbocycles. The van der Waals surface area contributed by atoms with Gasteiger partial charge in [0.15, 0.2) is 0 Å². The molecule has 0 fully saturated rings. The van der Waals surface area contributed by atoms with Crippen molar-refractivity contribution in [2.45, 2.75) is 20.3 Å². The van der Waals surface area contributed by atoms with E-state index in [1.807, 2.05) is 31.2 Å². The van der Waals surface area contributed by atoms with E-state index < -0.39 is 0 Å². The summed E-state index contributed by atoms with van der Waals surface area (Å²) in [5.74, 6) is 0.166. The molecule has 2 N–H and O–H groups in total. The van der Waals surface area contributed by atoms with E-state index in [4.69, 9.17) is 0 Å². The number of nitrogens with one attached hydrogen (secondary N) is 2. The maximum Gasteiger partial charge on any atom is 0.240 e. The number of hydrogen-bond donors (Lipinski definition) is 2. The van der Waals surface area contributed by atoms with Gasteiger partial charge in [0.1, 0.15) is 0 Å². The number of amides is 1. The summed E-state index contributed by atoms with van der Waals surface area (Å²) in [6.45, 7) is 5.00. The maximum atomic E-state index is 11.2. The van der Waals surface area contributed by atoms with Crippen LogP contribution in [0.3, 0.4) is 0 Å². The van der Waals surface area contributed by atoms with E-state index in [0.29, 0.717) is 6.42 Å². The van der Waals surface area contributed by atoms with Gasteiger partial charge in [-0.1, -0.05) is 19.1 Å². The Morgan fingerprint density at radius 3 is 2.71 bits per heavy atom. The van der Waals surface area contributed by atoms with Crippen LogP contribution in [-0.4, -0.2) is 18.2 Å². The van der Waals surface area contributed by atoms with Crippen molar-refractivity contribution < 1.29 is 4.79 Å². The molecule has 1 aromatic carbocycles. The normalized spacial score (nSPS) is 19.5. The van der Waals surface area contributed by atoms with Crippen LogP contribution in [0.4, 0.5) is 5.69 Å². The number of hydrogen-bond acceptors (Lipinski definition) is 3. The van der Waals surface area contributed by atoms with Crippen molar-refractivity contribution in [3.63, 3.8) is 0 Å². The summed E-state index contributed by atoms with van der Waals surface area (Å²) in [4.78, 5) is 11.2. The van der Waals surface area contributed by atoms with Gasteiger partial charge >= 0.3 is 0 Å². The fourth-order valence-electron chi connectivity index (χ4n) is 1.97. The zero-order valence-corrected chi connectivity index (χ0v) is 10.2. The number of carbonyl (C=O) groups excluding carboxylic acids is 1. The molecule has 0 spiro atoms. The summed E-state index contributed by atoms with van der Waals surface area (Å²) < 4.78 is 0. The fraction of sp³-hybridized carbons (Fsp3) is 0.385. The third-order valence-electron chi connectivity index (χ3n) is 2.82. The molecule has 17 heavy (non-hydrogen) atoms. The first kappa shape index (κ1) is 11.6. The summed E-state index contributed by atoms with van der Waals surface area (Å²) in [7, 11) is 0. The minimum Gasteiger partial charge on any atom is -0.385 e. The quantitative estimate of drug-likeness (QED) is 0.835. The van der Waals surface area contributed by atoms with E-state index in [2.05, 4.69) is 22.8 Å². The van der Waals surface area contributed by atoms with Crippen LogP contribution >= 0.6 is 0 Å². The minimum absolute atomic E-state index is 0.00878. The molecule has 0 saturated heterocycles. The van der Waals surface area contributed by atoms with E-state index in [9.17, 15) is 4.79 Å². The summed E-state index contributed by atoms with van der Waals surface area (Å²) in [6.07, 6.45) is 0.508. The Kier molecular flexibility index (Phi) is 3.42. The molecule has 1 amide bonds. The van der Waals surface area contributed by atoms with Gasteiger partial charge in [0.05, 0.1) is 5.71 Å². The van der Waals surface area contributed by atoms with Crippen LogP contribution in [0.25, 0.3) is 0 Å². The molecular weight excluding hydrogens is 214 g/mol. The Morgan fingerprint density at radius 1 is 1.41 bits per heavy atom. The molecule has 90 valence electrons. The predicted molar refractivity (Wildman–Crippen MR) is 69.1 cm³/mol. The van der Waals surface area contributed by atoms with Crippen molar-refractivity contribution in [3.05, 3.63) is 29.8 Å². The highest BCUT2D eigenvalue weighted by Gasteiger charge is 2.21. The Bertz CT molecular complexity index is 436. The van der Waals surface area contributed by atoms with Gasteiger partial charge in [-0.2, -0.15) is 5.10 Å². The molecule has 1 aliphatic rings. The molecule has 0 radical (unpaired) electrons. The highest BCUT2D eigenvalue weighted by molar-refractivity contribution is 6.05. The highest BCUT2D eigenvalue weighted by atomic mass is 16.2. The van der Waals surface area contributed by atoms with Crippen LogP contribution in [0.5, 0.6) is 0 Å². The second kappa shape index (κ2) is 4.99. The van der Waals surface area contributed by atoms with Crippen molar-refractivity contribution in [3.8, 4) is 0 Å². The summed E-state index contributed by atoms with van der Waals surface area (Å²) in [6, 6.07) is 8.13. The average molecular weight is 231 g/mol. The van der Waals surface area contributed by atoms with Crippen LogP contribution in [0.2, 0.25) is 0 Å². The van der Waals surface area contributed by atoms with Gasteiger partial charge < -0.3 is 5.32 Å². The van der Waals surface area contributed by atoms with Gasteiger partial charge in [-0.05, 0) is 24.6 Å². The standard InChI is InChI=1S/C13H17N3O/c1-3-14-11-6-4-10(5-7-11)13-9(2)8-12(17)15-16-13/h4-7,9,14H,3,8H2,1-2H3,(H,15,17). The van der Waals surface area contributed by atoms with Crippen LogP contribution in [-0.2, 0) is 4.79 Å². The first-order valence-electron chi connectivity index (χ1n) is 5.91. The predicted octanol–water partition coefficient (Wildman–Crippen LogP) is 1.98. The van der Waals surface area contributed by atoms with E-state index in [1.54, 1.807) is 0 Å². The van der Waals surface area contributed by atoms with Crippen LogP contribution in [0.1, 0.15) is 25.8 Å². The monoisotopic (exact) mass is 231 g/mol. The molecule has 1 heterocycles. The van der Waals surface area contributed by atoms with Crippen molar-refractivity contribution in [2.24, 2.45) is 11.0 Å². The Morgan fingerprint density at radius 2 is 2.12 bits per heavy atom. The Labute approximate surface area is 101 Å². The first-order valence-corrected chi connectivity index (χ1v) is 5.91. The number of anilines is 1. The number of carbonyl (C=O) groups is 1. The molecule has 1 aromatic rings. The van der Waals surface area contributed by atoms with Gasteiger partial charge in [0, 0.05) is 24.6 Å². The Balaban J connectivity index is 2.19. The van der Waals surface area contributed by atoms with Crippen molar-refractivity contribution in [1.82, 2.24) is 5.43 Å². The third kappa shape index (κ3) is 2.64. The lowest BCUT2D eigenvalue weighted by Gasteiger charge is -2.19. The molecule has 0 aromatic heterocycles.